The fraction of sp³-hybridized carbons (Fsp3) is 0.167. The van der Waals surface area contributed by atoms with Crippen LogP contribution in [0, 0.1) is 19.7 Å². The molecule has 0 bridgehead atoms. The van der Waals surface area contributed by atoms with E-state index in [0.29, 0.717) is 5.69 Å². The maximum Gasteiger partial charge on any atom is 0.223 e. The van der Waals surface area contributed by atoms with Crippen LogP contribution in [0.3, 0.4) is 0 Å². The Morgan fingerprint density at radius 1 is 1.12 bits per heavy atom. The van der Waals surface area contributed by atoms with Gasteiger partial charge in [-0.2, -0.15) is 0 Å². The number of rotatable bonds is 1. The maximum absolute atomic E-state index is 13.2. The lowest BCUT2D eigenvalue weighted by atomic mass is 10.1. The van der Waals surface area contributed by atoms with Gasteiger partial charge in [-0.25, -0.2) is 14.4 Å². The third-order valence-electron chi connectivity index (χ3n) is 2.30. The largest absolute Gasteiger partial charge is 0.223 e. The van der Waals surface area contributed by atoms with Crippen molar-refractivity contribution in [3.05, 3.63) is 46.6 Å². The molecule has 2 aromatic rings. The summed E-state index contributed by atoms with van der Waals surface area (Å²) in [6.07, 6.45) is 0. The number of hydrogen-bond acceptors (Lipinski definition) is 2. The van der Waals surface area contributed by atoms with Gasteiger partial charge in [-0.1, -0.05) is 6.07 Å². The lowest BCUT2D eigenvalue weighted by Crippen LogP contribution is -1.93. The van der Waals surface area contributed by atoms with Crippen molar-refractivity contribution in [1.82, 2.24) is 9.97 Å². The highest BCUT2D eigenvalue weighted by Crippen LogP contribution is 2.23. The van der Waals surface area contributed by atoms with E-state index in [4.69, 9.17) is 11.6 Å². The van der Waals surface area contributed by atoms with Gasteiger partial charge in [0.1, 0.15) is 5.82 Å². The lowest BCUT2D eigenvalue weighted by Gasteiger charge is -2.06. The molecule has 0 spiro atoms. The van der Waals surface area contributed by atoms with E-state index >= 15 is 0 Å². The minimum Gasteiger partial charge on any atom is -0.223 e. The minimum absolute atomic E-state index is 0.179. The van der Waals surface area contributed by atoms with E-state index < -0.39 is 0 Å². The molecule has 0 unspecified atom stereocenters. The maximum atomic E-state index is 13.2. The van der Waals surface area contributed by atoms with Gasteiger partial charge < -0.3 is 0 Å². The molecule has 0 aliphatic carbocycles. The van der Waals surface area contributed by atoms with E-state index in [0.717, 1.165) is 16.8 Å². The number of aryl methyl sites for hydroxylation is 2. The molecule has 0 atom stereocenters. The van der Waals surface area contributed by atoms with Crippen molar-refractivity contribution in [1.29, 1.82) is 0 Å². The van der Waals surface area contributed by atoms with Crippen molar-refractivity contribution in [2.75, 3.05) is 0 Å². The van der Waals surface area contributed by atoms with Gasteiger partial charge in [-0.15, -0.1) is 0 Å². The second-order valence-electron chi connectivity index (χ2n) is 3.62. The molecule has 0 aliphatic rings. The average Bonchev–Trinajstić information content (AvgIpc) is 2.20. The quantitative estimate of drug-likeness (QED) is 0.708. The van der Waals surface area contributed by atoms with Crippen LogP contribution in [0.5, 0.6) is 0 Å². The first-order chi connectivity index (χ1) is 7.56. The average molecular weight is 237 g/mol. The van der Waals surface area contributed by atoms with Crippen LogP contribution in [0.4, 0.5) is 4.39 Å². The van der Waals surface area contributed by atoms with E-state index in [2.05, 4.69) is 9.97 Å². The first-order valence-electron chi connectivity index (χ1n) is 4.84. The Labute approximate surface area is 98.1 Å². The van der Waals surface area contributed by atoms with Gasteiger partial charge in [0.05, 0.1) is 5.69 Å². The summed E-state index contributed by atoms with van der Waals surface area (Å²) in [7, 11) is 0. The molecular weight excluding hydrogens is 227 g/mol. The fourth-order valence-corrected chi connectivity index (χ4v) is 1.76. The van der Waals surface area contributed by atoms with E-state index in [9.17, 15) is 4.39 Å². The van der Waals surface area contributed by atoms with Crippen LogP contribution < -0.4 is 0 Å². The molecule has 2 rings (SSSR count). The molecule has 1 aromatic heterocycles. The number of hydrogen-bond donors (Lipinski definition) is 0. The molecule has 4 heteroatoms. The molecule has 0 saturated heterocycles. The number of halogens is 2. The van der Waals surface area contributed by atoms with Crippen LogP contribution in [0.15, 0.2) is 24.3 Å². The van der Waals surface area contributed by atoms with Crippen LogP contribution in [-0.4, -0.2) is 9.97 Å². The Kier molecular flexibility index (Phi) is 2.88. The van der Waals surface area contributed by atoms with Crippen molar-refractivity contribution in [3.63, 3.8) is 0 Å². The molecule has 16 heavy (non-hydrogen) atoms. The van der Waals surface area contributed by atoms with Gasteiger partial charge in [-0.3, -0.25) is 0 Å². The second-order valence-corrected chi connectivity index (χ2v) is 3.96. The van der Waals surface area contributed by atoms with E-state index in [1.807, 2.05) is 13.8 Å². The molecule has 82 valence electrons. The molecule has 0 amide bonds. The van der Waals surface area contributed by atoms with Crippen molar-refractivity contribution in [2.24, 2.45) is 0 Å². The number of benzene rings is 1. The summed E-state index contributed by atoms with van der Waals surface area (Å²) in [5.41, 5.74) is 3.11. The third-order valence-corrected chi connectivity index (χ3v) is 2.47. The Bertz CT molecular complexity index is 520. The number of nitrogens with zero attached hydrogens (tertiary/aromatic N) is 2. The summed E-state index contributed by atoms with van der Waals surface area (Å²) >= 11 is 5.78. The Hall–Kier alpha value is -1.48. The molecule has 1 heterocycles. The molecule has 1 aromatic carbocycles. The normalized spacial score (nSPS) is 10.5. The van der Waals surface area contributed by atoms with Crippen molar-refractivity contribution >= 4 is 11.6 Å². The van der Waals surface area contributed by atoms with Gasteiger partial charge in [0.25, 0.3) is 0 Å². The van der Waals surface area contributed by atoms with Crippen LogP contribution in [-0.2, 0) is 0 Å². The molecular formula is C12H10ClFN2. The van der Waals surface area contributed by atoms with Gasteiger partial charge in [0, 0.05) is 11.3 Å². The first kappa shape index (κ1) is 11.0. The van der Waals surface area contributed by atoms with Crippen LogP contribution in [0.25, 0.3) is 11.3 Å². The summed E-state index contributed by atoms with van der Waals surface area (Å²) < 4.78 is 13.2. The van der Waals surface area contributed by atoms with Crippen molar-refractivity contribution in [2.45, 2.75) is 13.8 Å². The smallest absolute Gasteiger partial charge is 0.223 e. The summed E-state index contributed by atoms with van der Waals surface area (Å²) in [6.45, 7) is 3.73. The topological polar surface area (TPSA) is 25.8 Å². The molecule has 2 nitrogen and oxygen atoms in total. The van der Waals surface area contributed by atoms with Crippen LogP contribution >= 0.6 is 11.6 Å². The fourth-order valence-electron chi connectivity index (χ4n) is 1.54. The van der Waals surface area contributed by atoms with Gasteiger partial charge in [-0.05, 0) is 49.2 Å². The van der Waals surface area contributed by atoms with E-state index in [1.165, 1.54) is 12.1 Å². The second kappa shape index (κ2) is 4.18. The van der Waals surface area contributed by atoms with Crippen molar-refractivity contribution < 1.29 is 4.39 Å². The van der Waals surface area contributed by atoms with Crippen LogP contribution in [0.2, 0.25) is 5.28 Å². The van der Waals surface area contributed by atoms with Gasteiger partial charge in [0.15, 0.2) is 0 Å². The zero-order valence-electron chi connectivity index (χ0n) is 8.96. The summed E-state index contributed by atoms with van der Waals surface area (Å²) in [5, 5.41) is 0.179. The SMILES string of the molecule is Cc1cc(-c2cc(F)ccc2C)nc(Cl)n1. The Balaban J connectivity index is 2.62. The third kappa shape index (κ3) is 2.19. The van der Waals surface area contributed by atoms with Gasteiger partial charge >= 0.3 is 0 Å². The zero-order valence-corrected chi connectivity index (χ0v) is 9.72. The van der Waals surface area contributed by atoms with Crippen molar-refractivity contribution in [3.8, 4) is 11.3 Å². The highest BCUT2D eigenvalue weighted by Gasteiger charge is 2.07. The monoisotopic (exact) mass is 236 g/mol. The highest BCUT2D eigenvalue weighted by atomic mass is 35.5. The standard InChI is InChI=1S/C12H10ClFN2/c1-7-3-4-9(14)6-10(7)11-5-8(2)15-12(13)16-11/h3-6H,1-2H3. The van der Waals surface area contributed by atoms with Crippen LogP contribution in [0.1, 0.15) is 11.3 Å². The molecule has 0 saturated carbocycles. The Morgan fingerprint density at radius 3 is 2.56 bits per heavy atom. The molecule has 0 fully saturated rings. The minimum atomic E-state index is -0.284. The van der Waals surface area contributed by atoms with Gasteiger partial charge in [0.2, 0.25) is 5.28 Å². The van der Waals surface area contributed by atoms with E-state index in [1.54, 1.807) is 12.1 Å². The first-order valence-corrected chi connectivity index (χ1v) is 5.22. The predicted octanol–water partition coefficient (Wildman–Crippen LogP) is 3.55. The summed E-state index contributed by atoms with van der Waals surface area (Å²) in [6, 6.07) is 6.38. The molecule has 0 N–H and O–H groups in total. The van der Waals surface area contributed by atoms with E-state index in [-0.39, 0.29) is 11.1 Å². The lowest BCUT2D eigenvalue weighted by molar-refractivity contribution is 0.628. The zero-order chi connectivity index (χ0) is 11.7. The Morgan fingerprint density at radius 2 is 1.88 bits per heavy atom. The number of aromatic nitrogens is 2. The molecule has 0 aliphatic heterocycles. The summed E-state index contributed by atoms with van der Waals surface area (Å²) in [4.78, 5) is 8.07. The predicted molar refractivity (Wildman–Crippen MR) is 61.9 cm³/mol. The summed E-state index contributed by atoms with van der Waals surface area (Å²) in [5.74, 6) is -0.284. The molecule has 0 radical (unpaired) electrons. The highest BCUT2D eigenvalue weighted by molar-refractivity contribution is 6.28.